The number of rotatable bonds is 7. The Morgan fingerprint density at radius 1 is 0.880 bits per heavy atom. The lowest BCUT2D eigenvalue weighted by molar-refractivity contribution is 0.123. The Morgan fingerprint density at radius 3 is 2.04 bits per heavy atom. The van der Waals surface area contributed by atoms with Crippen LogP contribution >= 0.6 is 0 Å². The molecule has 2 aliphatic carbocycles. The quantitative estimate of drug-likeness (QED) is 0.568. The summed E-state index contributed by atoms with van der Waals surface area (Å²) in [5.41, 5.74) is 1.17. The van der Waals surface area contributed by atoms with Crippen molar-refractivity contribution in [2.75, 3.05) is 6.61 Å². The third-order valence-corrected chi connectivity index (χ3v) is 6.82. The van der Waals surface area contributed by atoms with Gasteiger partial charge in [0.2, 0.25) is 0 Å². The van der Waals surface area contributed by atoms with Gasteiger partial charge in [-0.2, -0.15) is 0 Å². The molecule has 0 N–H and O–H groups in total. The molecule has 0 aromatic carbocycles. The molecule has 2 aliphatic rings. The first-order chi connectivity index (χ1) is 12.3. The standard InChI is InChI=1S/C23H37NO/c1-3-5-22-14-15-23(16-24-22)25-17-19-8-12-21(13-9-19)20-10-6-18(4-2)7-11-20/h14-16,18-21H,3-13,17H2,1-2H3. The van der Waals surface area contributed by atoms with Gasteiger partial charge in [0.1, 0.15) is 5.75 Å². The van der Waals surface area contributed by atoms with Gasteiger partial charge in [-0.1, -0.05) is 39.5 Å². The fourth-order valence-electron chi connectivity index (χ4n) is 5.01. The van der Waals surface area contributed by atoms with Gasteiger partial charge in [0.25, 0.3) is 0 Å². The Morgan fingerprint density at radius 2 is 1.52 bits per heavy atom. The SMILES string of the molecule is CCCc1ccc(OCC2CCC(C3CCC(CC)CC3)CC2)cn1. The van der Waals surface area contributed by atoms with Crippen LogP contribution in [0.4, 0.5) is 0 Å². The van der Waals surface area contributed by atoms with E-state index in [-0.39, 0.29) is 0 Å². The van der Waals surface area contributed by atoms with E-state index in [1.165, 1.54) is 63.5 Å². The van der Waals surface area contributed by atoms with Crippen LogP contribution in [0.2, 0.25) is 0 Å². The third-order valence-electron chi connectivity index (χ3n) is 6.82. The average molecular weight is 344 g/mol. The largest absolute Gasteiger partial charge is 0.492 e. The molecule has 0 aliphatic heterocycles. The third kappa shape index (κ3) is 5.46. The van der Waals surface area contributed by atoms with Crippen molar-refractivity contribution >= 4 is 0 Å². The molecule has 140 valence electrons. The van der Waals surface area contributed by atoms with Crippen molar-refractivity contribution in [3.8, 4) is 5.75 Å². The van der Waals surface area contributed by atoms with Gasteiger partial charge >= 0.3 is 0 Å². The fourth-order valence-corrected chi connectivity index (χ4v) is 5.01. The zero-order valence-electron chi connectivity index (χ0n) is 16.4. The second-order valence-corrected chi connectivity index (χ2v) is 8.52. The molecule has 2 nitrogen and oxygen atoms in total. The van der Waals surface area contributed by atoms with Crippen LogP contribution in [0.25, 0.3) is 0 Å². The number of nitrogens with zero attached hydrogens (tertiary/aromatic N) is 1. The van der Waals surface area contributed by atoms with Gasteiger partial charge in [0.05, 0.1) is 12.8 Å². The molecule has 0 bridgehead atoms. The maximum Gasteiger partial charge on any atom is 0.137 e. The van der Waals surface area contributed by atoms with Crippen LogP contribution in [0.3, 0.4) is 0 Å². The van der Waals surface area contributed by atoms with E-state index in [1.807, 2.05) is 6.20 Å². The van der Waals surface area contributed by atoms with Gasteiger partial charge in [-0.25, -0.2) is 0 Å². The lowest BCUT2D eigenvalue weighted by Gasteiger charge is -2.37. The molecule has 0 spiro atoms. The number of pyridine rings is 1. The summed E-state index contributed by atoms with van der Waals surface area (Å²) in [6, 6.07) is 4.21. The monoisotopic (exact) mass is 343 g/mol. The van der Waals surface area contributed by atoms with Crippen LogP contribution in [-0.2, 0) is 6.42 Å². The Hall–Kier alpha value is -1.05. The highest BCUT2D eigenvalue weighted by Crippen LogP contribution is 2.41. The molecule has 2 heteroatoms. The van der Waals surface area contributed by atoms with E-state index in [0.717, 1.165) is 48.9 Å². The van der Waals surface area contributed by atoms with Crippen LogP contribution in [0, 0.1) is 23.7 Å². The first-order valence-corrected chi connectivity index (χ1v) is 10.9. The minimum Gasteiger partial charge on any atom is -0.492 e. The molecule has 1 heterocycles. The van der Waals surface area contributed by atoms with Crippen LogP contribution < -0.4 is 4.74 Å². The predicted molar refractivity (Wildman–Crippen MR) is 105 cm³/mol. The molecule has 2 fully saturated rings. The molecule has 0 amide bonds. The molecule has 1 aromatic rings. The lowest BCUT2D eigenvalue weighted by atomic mass is 9.69. The van der Waals surface area contributed by atoms with E-state index < -0.39 is 0 Å². The summed E-state index contributed by atoms with van der Waals surface area (Å²) in [5, 5.41) is 0. The van der Waals surface area contributed by atoms with Crippen molar-refractivity contribution < 1.29 is 4.74 Å². The van der Waals surface area contributed by atoms with Crippen molar-refractivity contribution in [1.82, 2.24) is 4.98 Å². The molecular formula is C23H37NO. The summed E-state index contributed by atoms with van der Waals surface area (Å²) in [4.78, 5) is 4.49. The van der Waals surface area contributed by atoms with E-state index in [4.69, 9.17) is 4.74 Å². The Kier molecular flexibility index (Phi) is 7.19. The zero-order chi connectivity index (χ0) is 17.5. The van der Waals surface area contributed by atoms with Gasteiger partial charge in [-0.3, -0.25) is 4.98 Å². The molecule has 3 rings (SSSR count). The summed E-state index contributed by atoms with van der Waals surface area (Å²) >= 11 is 0. The Balaban J connectivity index is 1.36. The first kappa shape index (κ1) is 18.7. The van der Waals surface area contributed by atoms with Crippen molar-refractivity contribution in [2.24, 2.45) is 23.7 Å². The number of ether oxygens (including phenoxy) is 1. The van der Waals surface area contributed by atoms with Gasteiger partial charge in [-0.15, -0.1) is 0 Å². The average Bonchev–Trinajstić information content (AvgIpc) is 2.68. The number of hydrogen-bond donors (Lipinski definition) is 0. The summed E-state index contributed by atoms with van der Waals surface area (Å²) in [5.74, 6) is 4.75. The maximum atomic E-state index is 6.03. The van der Waals surface area contributed by atoms with Gasteiger partial charge < -0.3 is 4.74 Å². The normalized spacial score (nSPS) is 30.2. The molecule has 0 atom stereocenters. The van der Waals surface area contributed by atoms with Crippen molar-refractivity contribution in [2.45, 2.75) is 84.5 Å². The van der Waals surface area contributed by atoms with E-state index in [2.05, 4.69) is 31.0 Å². The van der Waals surface area contributed by atoms with Gasteiger partial charge in [0, 0.05) is 5.69 Å². The molecule has 2 saturated carbocycles. The second-order valence-electron chi connectivity index (χ2n) is 8.52. The van der Waals surface area contributed by atoms with E-state index >= 15 is 0 Å². The molecular weight excluding hydrogens is 306 g/mol. The summed E-state index contributed by atoms with van der Waals surface area (Å²) in [7, 11) is 0. The van der Waals surface area contributed by atoms with Crippen molar-refractivity contribution in [3.63, 3.8) is 0 Å². The number of hydrogen-bond acceptors (Lipinski definition) is 2. The first-order valence-electron chi connectivity index (χ1n) is 10.9. The van der Waals surface area contributed by atoms with Crippen molar-refractivity contribution in [3.05, 3.63) is 24.0 Å². The van der Waals surface area contributed by atoms with Gasteiger partial charge in [0.15, 0.2) is 0 Å². The van der Waals surface area contributed by atoms with E-state index in [0.29, 0.717) is 0 Å². The molecule has 0 unspecified atom stereocenters. The minimum absolute atomic E-state index is 0.749. The predicted octanol–water partition coefficient (Wildman–Crippen LogP) is 6.44. The number of aromatic nitrogens is 1. The van der Waals surface area contributed by atoms with Gasteiger partial charge in [-0.05, 0) is 80.8 Å². The van der Waals surface area contributed by atoms with Crippen LogP contribution in [-0.4, -0.2) is 11.6 Å². The second kappa shape index (κ2) is 9.59. The highest BCUT2D eigenvalue weighted by molar-refractivity contribution is 5.19. The van der Waals surface area contributed by atoms with E-state index in [9.17, 15) is 0 Å². The molecule has 1 aromatic heterocycles. The van der Waals surface area contributed by atoms with E-state index in [1.54, 1.807) is 0 Å². The summed E-state index contributed by atoms with van der Waals surface area (Å²) in [6.07, 6.45) is 17.1. The molecule has 0 saturated heterocycles. The highest BCUT2D eigenvalue weighted by atomic mass is 16.5. The van der Waals surface area contributed by atoms with Crippen molar-refractivity contribution in [1.29, 1.82) is 0 Å². The highest BCUT2D eigenvalue weighted by Gasteiger charge is 2.30. The Bertz CT molecular complexity index is 481. The minimum atomic E-state index is 0.749. The summed E-state index contributed by atoms with van der Waals surface area (Å²) in [6.45, 7) is 5.44. The maximum absolute atomic E-state index is 6.03. The molecule has 0 radical (unpaired) electrons. The lowest BCUT2D eigenvalue weighted by Crippen LogP contribution is -2.27. The Labute approximate surface area is 154 Å². The van der Waals surface area contributed by atoms with Crippen LogP contribution in [0.1, 0.15) is 83.7 Å². The summed E-state index contributed by atoms with van der Waals surface area (Å²) < 4.78 is 6.03. The fraction of sp³-hybridized carbons (Fsp3) is 0.783. The van der Waals surface area contributed by atoms with Crippen LogP contribution in [0.5, 0.6) is 5.75 Å². The number of aryl methyl sites for hydroxylation is 1. The van der Waals surface area contributed by atoms with Crippen LogP contribution in [0.15, 0.2) is 18.3 Å². The molecule has 25 heavy (non-hydrogen) atoms. The smallest absolute Gasteiger partial charge is 0.137 e. The topological polar surface area (TPSA) is 22.1 Å². The zero-order valence-corrected chi connectivity index (χ0v) is 16.4.